The highest BCUT2D eigenvalue weighted by Gasteiger charge is 2.35. The van der Waals surface area contributed by atoms with Gasteiger partial charge in [-0.2, -0.15) is 0 Å². The number of fused-ring (bicyclic) bond motifs is 3. The van der Waals surface area contributed by atoms with Crippen molar-refractivity contribution >= 4 is 38.3 Å². The van der Waals surface area contributed by atoms with Gasteiger partial charge in [-0.3, -0.25) is 4.31 Å². The van der Waals surface area contributed by atoms with Gasteiger partial charge in [-0.1, -0.05) is 11.6 Å². The van der Waals surface area contributed by atoms with Gasteiger partial charge < -0.3 is 0 Å². The highest BCUT2D eigenvalue weighted by molar-refractivity contribution is 14.1. The molecule has 0 radical (unpaired) electrons. The van der Waals surface area contributed by atoms with Gasteiger partial charge in [-0.05, 0) is 73.2 Å². The van der Waals surface area contributed by atoms with E-state index in [2.05, 4.69) is 29.5 Å². The van der Waals surface area contributed by atoms with Crippen LogP contribution in [0.1, 0.15) is 18.1 Å². The van der Waals surface area contributed by atoms with E-state index in [-0.39, 0.29) is 0 Å². The Kier molecular flexibility index (Phi) is 3.52. The van der Waals surface area contributed by atoms with Gasteiger partial charge in [0, 0.05) is 21.2 Å². The molecule has 0 saturated carbocycles. The number of rotatable bonds is 1. The highest BCUT2D eigenvalue weighted by atomic mass is 127. The van der Waals surface area contributed by atoms with Gasteiger partial charge in [-0.25, -0.2) is 8.42 Å². The molecular formula is C16H16INO2S. The number of benzene rings is 2. The summed E-state index contributed by atoms with van der Waals surface area (Å²) < 4.78 is 28.3. The molecule has 0 atom stereocenters. The Hall–Kier alpha value is -1.08. The molecule has 0 saturated heterocycles. The van der Waals surface area contributed by atoms with E-state index >= 15 is 0 Å². The zero-order chi connectivity index (χ0) is 15.4. The molecule has 0 aromatic heterocycles. The molecule has 2 aromatic carbocycles. The smallest absolute Gasteiger partial charge is 0.264 e. The fourth-order valence-electron chi connectivity index (χ4n) is 2.87. The molecule has 110 valence electrons. The normalized spacial score (nSPS) is 15.5. The lowest BCUT2D eigenvalue weighted by molar-refractivity contribution is 0.591. The van der Waals surface area contributed by atoms with Crippen LogP contribution in [0.3, 0.4) is 0 Å². The second-order valence-electron chi connectivity index (χ2n) is 5.24. The van der Waals surface area contributed by atoms with Crippen molar-refractivity contribution in [2.24, 2.45) is 0 Å². The Morgan fingerprint density at radius 2 is 1.86 bits per heavy atom. The van der Waals surface area contributed by atoms with Gasteiger partial charge in [-0.15, -0.1) is 0 Å². The molecule has 1 heterocycles. The summed E-state index contributed by atoms with van der Waals surface area (Å²) in [4.78, 5) is 0.410. The SMILES string of the molecule is CCN1c2ccc(I)c(C)c2-c2cc(C)ccc2S1(=O)=O. The minimum Gasteiger partial charge on any atom is -0.266 e. The monoisotopic (exact) mass is 413 g/mol. The van der Waals surface area contributed by atoms with E-state index in [1.54, 1.807) is 6.07 Å². The van der Waals surface area contributed by atoms with Crippen LogP contribution in [0, 0.1) is 17.4 Å². The molecule has 0 N–H and O–H groups in total. The first-order valence-corrected chi connectivity index (χ1v) is 9.32. The molecule has 1 aliphatic heterocycles. The summed E-state index contributed by atoms with van der Waals surface area (Å²) >= 11 is 2.30. The fraction of sp³-hybridized carbons (Fsp3) is 0.250. The van der Waals surface area contributed by atoms with Crippen LogP contribution < -0.4 is 4.31 Å². The molecular weight excluding hydrogens is 397 g/mol. The van der Waals surface area contributed by atoms with Crippen molar-refractivity contribution in [1.29, 1.82) is 0 Å². The lowest BCUT2D eigenvalue weighted by atomic mass is 9.96. The third kappa shape index (κ3) is 2.09. The second kappa shape index (κ2) is 4.98. The summed E-state index contributed by atoms with van der Waals surface area (Å²) in [6.07, 6.45) is 0. The molecule has 3 nitrogen and oxygen atoms in total. The number of hydrogen-bond acceptors (Lipinski definition) is 2. The predicted molar refractivity (Wildman–Crippen MR) is 94.3 cm³/mol. The topological polar surface area (TPSA) is 37.4 Å². The molecule has 0 spiro atoms. The van der Waals surface area contributed by atoms with Crippen molar-refractivity contribution in [3.05, 3.63) is 45.0 Å². The minimum absolute atomic E-state index is 0.410. The lowest BCUT2D eigenvalue weighted by Crippen LogP contribution is -2.34. The number of sulfonamides is 1. The Balaban J connectivity index is 2.49. The molecule has 1 aliphatic rings. The lowest BCUT2D eigenvalue weighted by Gasteiger charge is -2.32. The molecule has 5 heteroatoms. The quantitative estimate of drug-likeness (QED) is 0.661. The maximum absolute atomic E-state index is 12.8. The summed E-state index contributed by atoms with van der Waals surface area (Å²) in [6.45, 7) is 6.34. The zero-order valence-electron chi connectivity index (χ0n) is 12.1. The van der Waals surface area contributed by atoms with Gasteiger partial charge in [0.25, 0.3) is 10.0 Å². The largest absolute Gasteiger partial charge is 0.266 e. The molecule has 0 aliphatic carbocycles. The Morgan fingerprint density at radius 1 is 1.14 bits per heavy atom. The number of aryl methyl sites for hydroxylation is 1. The molecule has 0 amide bonds. The number of anilines is 1. The van der Waals surface area contributed by atoms with E-state index in [1.165, 1.54) is 4.31 Å². The van der Waals surface area contributed by atoms with Crippen LogP contribution in [-0.4, -0.2) is 15.0 Å². The van der Waals surface area contributed by atoms with Gasteiger partial charge in [0.05, 0.1) is 10.6 Å². The van der Waals surface area contributed by atoms with Crippen LogP contribution >= 0.6 is 22.6 Å². The van der Waals surface area contributed by atoms with Crippen LogP contribution in [0.15, 0.2) is 35.2 Å². The van der Waals surface area contributed by atoms with E-state index in [4.69, 9.17) is 0 Å². The van der Waals surface area contributed by atoms with E-state index in [9.17, 15) is 8.42 Å². The fourth-order valence-corrected chi connectivity index (χ4v) is 4.99. The third-order valence-corrected chi connectivity index (χ3v) is 7.02. The molecule has 3 rings (SSSR count). The molecule has 0 fully saturated rings. The van der Waals surface area contributed by atoms with E-state index < -0.39 is 10.0 Å². The minimum atomic E-state index is -3.46. The Morgan fingerprint density at radius 3 is 2.52 bits per heavy atom. The summed E-state index contributed by atoms with van der Waals surface area (Å²) in [7, 11) is -3.46. The van der Waals surface area contributed by atoms with Crippen molar-refractivity contribution in [3.8, 4) is 11.1 Å². The molecule has 0 unspecified atom stereocenters. The maximum Gasteiger partial charge on any atom is 0.264 e. The van der Waals surface area contributed by atoms with Crippen molar-refractivity contribution in [3.63, 3.8) is 0 Å². The summed E-state index contributed by atoms with van der Waals surface area (Å²) in [5.74, 6) is 0. The van der Waals surface area contributed by atoms with Gasteiger partial charge in [0.15, 0.2) is 0 Å². The van der Waals surface area contributed by atoms with Crippen LogP contribution in [0.2, 0.25) is 0 Å². The average Bonchev–Trinajstić information content (AvgIpc) is 2.42. The van der Waals surface area contributed by atoms with Crippen molar-refractivity contribution in [2.75, 3.05) is 10.8 Å². The van der Waals surface area contributed by atoms with Crippen LogP contribution in [0.25, 0.3) is 11.1 Å². The molecule has 2 aromatic rings. The number of halogens is 1. The van der Waals surface area contributed by atoms with Gasteiger partial charge in [0.2, 0.25) is 0 Å². The molecule has 0 bridgehead atoms. The summed E-state index contributed by atoms with van der Waals surface area (Å²) in [5.41, 5.74) is 4.85. The van der Waals surface area contributed by atoms with Crippen LogP contribution in [0.4, 0.5) is 5.69 Å². The molecule has 21 heavy (non-hydrogen) atoms. The Labute approximate surface area is 139 Å². The standard InChI is InChI=1S/C16H16INO2S/c1-4-18-14-7-6-13(17)11(3)16(14)12-9-10(2)5-8-15(12)21(18,19)20/h5-9H,4H2,1-3H3. The van der Waals surface area contributed by atoms with Gasteiger partial charge >= 0.3 is 0 Å². The maximum atomic E-state index is 12.8. The van der Waals surface area contributed by atoms with Crippen molar-refractivity contribution in [1.82, 2.24) is 0 Å². The van der Waals surface area contributed by atoms with E-state index in [0.29, 0.717) is 11.4 Å². The third-order valence-electron chi connectivity index (χ3n) is 3.91. The first kappa shape index (κ1) is 14.8. The Bertz CT molecular complexity index is 844. The average molecular weight is 413 g/mol. The second-order valence-corrected chi connectivity index (χ2v) is 8.23. The van der Waals surface area contributed by atoms with Crippen LogP contribution in [-0.2, 0) is 10.0 Å². The first-order valence-electron chi connectivity index (χ1n) is 6.80. The van der Waals surface area contributed by atoms with E-state index in [0.717, 1.165) is 31.5 Å². The van der Waals surface area contributed by atoms with Crippen molar-refractivity contribution in [2.45, 2.75) is 25.7 Å². The highest BCUT2D eigenvalue weighted by Crippen LogP contribution is 2.45. The predicted octanol–water partition coefficient (Wildman–Crippen LogP) is 4.10. The zero-order valence-corrected chi connectivity index (χ0v) is 15.1. The summed E-state index contributed by atoms with van der Waals surface area (Å²) in [5, 5.41) is 0. The number of nitrogens with zero attached hydrogens (tertiary/aromatic N) is 1. The van der Waals surface area contributed by atoms with Crippen LogP contribution in [0.5, 0.6) is 0 Å². The van der Waals surface area contributed by atoms with Gasteiger partial charge in [0.1, 0.15) is 0 Å². The van der Waals surface area contributed by atoms with E-state index in [1.807, 2.05) is 38.1 Å². The first-order chi connectivity index (χ1) is 9.87. The number of hydrogen-bond donors (Lipinski definition) is 0. The summed E-state index contributed by atoms with van der Waals surface area (Å²) in [6, 6.07) is 9.45. The van der Waals surface area contributed by atoms with Crippen molar-refractivity contribution < 1.29 is 8.42 Å².